The molecule has 4 aliphatic rings. The minimum Gasteiger partial charge on any atom is -0.744 e. The van der Waals surface area contributed by atoms with Gasteiger partial charge in [-0.15, -0.1) is 0 Å². The predicted molar refractivity (Wildman–Crippen MR) is 168 cm³/mol. The Kier molecular flexibility index (Phi) is 10.4. The first-order valence-corrected chi connectivity index (χ1v) is 17.9. The lowest BCUT2D eigenvalue weighted by Gasteiger charge is -2.58. The van der Waals surface area contributed by atoms with Crippen LogP contribution in [0.3, 0.4) is 0 Å². The Labute approximate surface area is 256 Å². The van der Waals surface area contributed by atoms with E-state index in [0.29, 0.717) is 22.9 Å². The maximum Gasteiger partial charge on any atom is 0.124 e. The minimum atomic E-state index is -4.27. The molecule has 0 amide bonds. The van der Waals surface area contributed by atoms with E-state index in [-0.39, 0.29) is 11.0 Å². The maximum absolute atomic E-state index is 10.4. The molecule has 0 radical (unpaired) electrons. The van der Waals surface area contributed by atoms with Crippen molar-refractivity contribution < 1.29 is 27.3 Å². The molecule has 238 valence electrons. The van der Waals surface area contributed by atoms with E-state index < -0.39 is 10.1 Å². The number of hydrogen-bond donors (Lipinski definition) is 1. The fourth-order valence-electron chi connectivity index (χ4n) is 9.29. The van der Waals surface area contributed by atoms with Crippen LogP contribution >= 0.6 is 0 Å². The van der Waals surface area contributed by atoms with Gasteiger partial charge in [-0.05, 0) is 126 Å². The summed E-state index contributed by atoms with van der Waals surface area (Å²) in [4.78, 5) is -0.178. The van der Waals surface area contributed by atoms with Crippen LogP contribution in [0.4, 0.5) is 0 Å². The van der Waals surface area contributed by atoms with Gasteiger partial charge in [0.1, 0.15) is 16.7 Å². The van der Waals surface area contributed by atoms with Gasteiger partial charge in [-0.1, -0.05) is 43.2 Å². The Morgan fingerprint density at radius 1 is 1.05 bits per heavy atom. The molecule has 8 atom stereocenters. The highest BCUT2D eigenvalue weighted by Crippen LogP contribution is 2.66. The Morgan fingerprint density at radius 2 is 1.71 bits per heavy atom. The molecule has 0 aliphatic heterocycles. The fourth-order valence-corrected chi connectivity index (χ4v) is 9.76. The summed E-state index contributed by atoms with van der Waals surface area (Å²) in [6.45, 7) is 18.0. The van der Waals surface area contributed by atoms with Gasteiger partial charge in [0.05, 0.1) is 43.8 Å². The number of aliphatic hydroxyl groups is 1. The van der Waals surface area contributed by atoms with Crippen LogP contribution in [0.5, 0.6) is 0 Å². The first-order chi connectivity index (χ1) is 19.7. The second kappa shape index (κ2) is 13.0. The summed E-state index contributed by atoms with van der Waals surface area (Å²) in [5.74, 6) is 3.00. The van der Waals surface area contributed by atoms with Gasteiger partial charge in [0.25, 0.3) is 0 Å². The van der Waals surface area contributed by atoms with Crippen LogP contribution in [0.25, 0.3) is 0 Å². The maximum atomic E-state index is 10.4. The van der Waals surface area contributed by atoms with Gasteiger partial charge in [0, 0.05) is 0 Å². The van der Waals surface area contributed by atoms with Crippen molar-refractivity contribution in [1.29, 1.82) is 0 Å². The van der Waals surface area contributed by atoms with E-state index in [1.807, 2.05) is 13.8 Å². The summed E-state index contributed by atoms with van der Waals surface area (Å²) in [6.07, 6.45) is 13.2. The van der Waals surface area contributed by atoms with Crippen LogP contribution in [0.15, 0.2) is 40.8 Å². The van der Waals surface area contributed by atoms with Gasteiger partial charge < -0.3 is 18.9 Å². The van der Waals surface area contributed by atoms with Crippen LogP contribution < -0.4 is 0 Å². The van der Waals surface area contributed by atoms with Crippen LogP contribution in [0, 0.1) is 41.4 Å². The Bertz CT molecular complexity index is 1190. The highest BCUT2D eigenvalue weighted by atomic mass is 32.2. The number of likely N-dealkylation sites (N-methyl/N-ethyl adjacent to an activating group) is 1. The van der Waals surface area contributed by atoms with Crippen LogP contribution in [-0.4, -0.2) is 68.1 Å². The lowest BCUT2D eigenvalue weighted by molar-refractivity contribution is -0.906. The molecule has 1 N–H and O–H groups in total. The second-order valence-corrected chi connectivity index (χ2v) is 16.1. The zero-order chi connectivity index (χ0) is 30.9. The quantitative estimate of drug-likeness (QED) is 0.203. The van der Waals surface area contributed by atoms with Gasteiger partial charge in [0.2, 0.25) is 0 Å². The van der Waals surface area contributed by atoms with E-state index >= 15 is 0 Å². The molecule has 3 saturated carbocycles. The standard InChI is InChI=1S/C28H50NO2.C7H8O3S/c1-7-29(6,8-2)17-18-31-22-13-15-27(4)21(19-22)9-10-23-25-12-11-24(20(3)30)28(25,5)16-14-26(23)27;1-6-2-4-7(5-3-6)11(8,9)10/h9,20,22-26,30H,7-8,10-19H2,1-6H3;2-5H,1H3,(H,8,9,10)/q+1;/p-1/t20?,22?,23-,24+,25-,26-,27-,28+;/m0./s1. The number of rotatable bonds is 8. The number of allylic oxidation sites excluding steroid dienone is 1. The lowest BCUT2D eigenvalue weighted by atomic mass is 9.47. The molecule has 42 heavy (non-hydrogen) atoms. The molecule has 3 fully saturated rings. The number of fused-ring (bicyclic) bond motifs is 5. The fraction of sp³-hybridized carbons (Fsp3) is 0.771. The molecular formula is C35H57NO5S. The highest BCUT2D eigenvalue weighted by molar-refractivity contribution is 7.85. The van der Waals surface area contributed by atoms with Crippen molar-refractivity contribution in [3.8, 4) is 0 Å². The molecule has 1 aromatic rings. The van der Waals surface area contributed by atoms with E-state index in [9.17, 15) is 18.1 Å². The van der Waals surface area contributed by atoms with E-state index in [0.717, 1.165) is 41.0 Å². The molecule has 0 aromatic heterocycles. The molecule has 4 aliphatic carbocycles. The summed E-state index contributed by atoms with van der Waals surface area (Å²) < 4.78 is 38.7. The number of aryl methyl sites for hydroxylation is 1. The summed E-state index contributed by atoms with van der Waals surface area (Å²) in [6, 6.07) is 5.78. The largest absolute Gasteiger partial charge is 0.744 e. The van der Waals surface area contributed by atoms with Crippen molar-refractivity contribution >= 4 is 10.1 Å². The van der Waals surface area contributed by atoms with Crippen molar-refractivity contribution in [2.45, 2.75) is 110 Å². The van der Waals surface area contributed by atoms with E-state index in [1.165, 1.54) is 76.6 Å². The van der Waals surface area contributed by atoms with Gasteiger partial charge in [0.15, 0.2) is 0 Å². The van der Waals surface area contributed by atoms with Gasteiger partial charge >= 0.3 is 0 Å². The van der Waals surface area contributed by atoms with Gasteiger partial charge in [-0.3, -0.25) is 0 Å². The SMILES string of the molecule is CC[N+](C)(CC)CCOC1CC[C@@]2(C)C(=CC[C@H]3[C@@H]4CC[C@H](C(C)O)[C@@]4(C)CC[C@@H]32)C1.Cc1ccc(S(=O)(=O)[O-])cc1. The van der Waals surface area contributed by atoms with Crippen LogP contribution in [-0.2, 0) is 14.9 Å². The van der Waals surface area contributed by atoms with Crippen LogP contribution in [0.2, 0.25) is 0 Å². The molecule has 0 bridgehead atoms. The Morgan fingerprint density at radius 3 is 2.31 bits per heavy atom. The average Bonchev–Trinajstić information content (AvgIpc) is 3.31. The Hall–Kier alpha value is -1.25. The summed E-state index contributed by atoms with van der Waals surface area (Å²) >= 11 is 0. The number of hydrogen-bond acceptors (Lipinski definition) is 5. The molecule has 7 heteroatoms. The van der Waals surface area contributed by atoms with Crippen LogP contribution in [0.1, 0.15) is 91.5 Å². The van der Waals surface area contributed by atoms with Crippen molar-refractivity contribution in [3.63, 3.8) is 0 Å². The zero-order valence-electron chi connectivity index (χ0n) is 27.3. The lowest BCUT2D eigenvalue weighted by Crippen LogP contribution is -2.51. The Balaban J connectivity index is 0.000000310. The third-order valence-electron chi connectivity index (χ3n) is 12.5. The van der Waals surface area contributed by atoms with Crippen molar-refractivity contribution in [2.75, 3.05) is 33.3 Å². The van der Waals surface area contributed by atoms with Crippen molar-refractivity contribution in [3.05, 3.63) is 41.5 Å². The summed E-state index contributed by atoms with van der Waals surface area (Å²) in [5, 5.41) is 10.4. The minimum absolute atomic E-state index is 0.148. The topological polar surface area (TPSA) is 86.7 Å². The monoisotopic (exact) mass is 603 g/mol. The molecule has 0 saturated heterocycles. The predicted octanol–water partition coefficient (Wildman–Crippen LogP) is 6.72. The number of aliphatic hydroxyl groups excluding tert-OH is 1. The first-order valence-electron chi connectivity index (χ1n) is 16.5. The third kappa shape index (κ3) is 6.86. The molecule has 1 aromatic carbocycles. The second-order valence-electron chi connectivity index (χ2n) is 14.7. The zero-order valence-corrected chi connectivity index (χ0v) is 28.1. The summed E-state index contributed by atoms with van der Waals surface area (Å²) in [7, 11) is -1.92. The van der Waals surface area contributed by atoms with E-state index in [1.54, 1.807) is 17.7 Å². The van der Waals surface area contributed by atoms with E-state index in [2.05, 4.69) is 40.8 Å². The van der Waals surface area contributed by atoms with Crippen molar-refractivity contribution in [1.82, 2.24) is 0 Å². The smallest absolute Gasteiger partial charge is 0.124 e. The molecule has 0 heterocycles. The number of ether oxygens (including phenoxy) is 1. The van der Waals surface area contributed by atoms with Gasteiger partial charge in [-0.25, -0.2) is 8.42 Å². The molecular weight excluding hydrogens is 546 g/mol. The van der Waals surface area contributed by atoms with Crippen molar-refractivity contribution in [2.24, 2.45) is 34.5 Å². The average molecular weight is 604 g/mol. The summed E-state index contributed by atoms with van der Waals surface area (Å²) in [5.41, 5.74) is 3.41. The van der Waals surface area contributed by atoms with E-state index in [4.69, 9.17) is 4.74 Å². The molecule has 6 nitrogen and oxygen atoms in total. The highest BCUT2D eigenvalue weighted by Gasteiger charge is 2.59. The number of quaternary nitrogens is 1. The molecule has 5 rings (SSSR count). The molecule has 0 spiro atoms. The number of nitrogens with zero attached hydrogens (tertiary/aromatic N) is 1. The van der Waals surface area contributed by atoms with Gasteiger partial charge in [-0.2, -0.15) is 0 Å². The normalized spacial score (nSPS) is 35.2. The first kappa shape index (κ1) is 33.6. The number of benzene rings is 1. The third-order valence-corrected chi connectivity index (χ3v) is 13.4. The molecule has 2 unspecified atom stereocenters.